The number of rotatable bonds is 5. The summed E-state index contributed by atoms with van der Waals surface area (Å²) in [5.41, 5.74) is 7.54. The van der Waals surface area contributed by atoms with Gasteiger partial charge in [-0.25, -0.2) is 4.39 Å². The zero-order chi connectivity index (χ0) is 21.5. The van der Waals surface area contributed by atoms with Gasteiger partial charge in [0.25, 0.3) is 0 Å². The van der Waals surface area contributed by atoms with Crippen LogP contribution in [0.5, 0.6) is 0 Å². The lowest BCUT2D eigenvalue weighted by molar-refractivity contribution is -0.133. The van der Waals surface area contributed by atoms with E-state index in [9.17, 15) is 14.0 Å². The van der Waals surface area contributed by atoms with E-state index in [-0.39, 0.29) is 17.7 Å². The zero-order valence-electron chi connectivity index (χ0n) is 17.2. The Hall–Kier alpha value is -2.93. The number of piperidine rings is 1. The number of nitrogens with one attached hydrogen (secondary N) is 2. The summed E-state index contributed by atoms with van der Waals surface area (Å²) in [6.07, 6.45) is 0.686. The Morgan fingerprint density at radius 2 is 2.07 bits per heavy atom. The van der Waals surface area contributed by atoms with Crippen molar-refractivity contribution in [1.82, 2.24) is 4.90 Å². The van der Waals surface area contributed by atoms with Crippen LogP contribution in [-0.2, 0) is 15.1 Å². The van der Waals surface area contributed by atoms with E-state index in [4.69, 9.17) is 5.73 Å². The molecule has 6 nitrogen and oxygen atoms in total. The molecule has 0 radical (unpaired) electrons. The summed E-state index contributed by atoms with van der Waals surface area (Å²) in [5.74, 6) is -1.45. The molecule has 30 heavy (non-hydrogen) atoms. The molecule has 7 heteroatoms. The van der Waals surface area contributed by atoms with Gasteiger partial charge >= 0.3 is 0 Å². The van der Waals surface area contributed by atoms with Crippen molar-refractivity contribution in [3.8, 4) is 0 Å². The predicted molar refractivity (Wildman–Crippen MR) is 115 cm³/mol. The van der Waals surface area contributed by atoms with Crippen molar-refractivity contribution in [2.45, 2.75) is 31.7 Å². The molecule has 0 saturated carbocycles. The first-order valence-electron chi connectivity index (χ1n) is 10.3. The van der Waals surface area contributed by atoms with Crippen LogP contribution in [0.4, 0.5) is 15.8 Å². The van der Waals surface area contributed by atoms with Crippen LogP contribution in [0.25, 0.3) is 0 Å². The van der Waals surface area contributed by atoms with Gasteiger partial charge in [0.2, 0.25) is 11.8 Å². The number of nitrogens with two attached hydrogens (primary N) is 1. The van der Waals surface area contributed by atoms with Gasteiger partial charge in [0.1, 0.15) is 11.4 Å². The quantitative estimate of drug-likeness (QED) is 0.707. The van der Waals surface area contributed by atoms with Crippen molar-refractivity contribution in [3.05, 3.63) is 59.4 Å². The first kappa shape index (κ1) is 20.3. The normalized spacial score (nSPS) is 26.2. The predicted octanol–water partition coefficient (Wildman–Crippen LogP) is 3.02. The Kier molecular flexibility index (Phi) is 5.24. The standard InChI is InChI=1S/C23H27FN4O2/c1-3-26-19-12-15(24)11-18-20(19)27-22(30)23(18,2)28-10-9-16(17(13-28)21(25)29)14-7-5-4-6-8-14/h4-8,11-12,16-17,26H,3,9-10,13H2,1-2H3,(H2,25,29)(H,27,30)/t16?,17?,23-/m1/s1. The van der Waals surface area contributed by atoms with Crippen molar-refractivity contribution in [2.75, 3.05) is 30.3 Å². The van der Waals surface area contributed by atoms with Crippen LogP contribution in [0.3, 0.4) is 0 Å². The molecular weight excluding hydrogens is 383 g/mol. The van der Waals surface area contributed by atoms with Gasteiger partial charge in [0.15, 0.2) is 0 Å². The molecule has 2 aromatic rings. The number of primary amides is 1. The van der Waals surface area contributed by atoms with E-state index in [1.54, 1.807) is 6.92 Å². The van der Waals surface area contributed by atoms with Crippen LogP contribution >= 0.6 is 0 Å². The first-order chi connectivity index (χ1) is 14.4. The van der Waals surface area contributed by atoms with E-state index in [0.717, 1.165) is 5.56 Å². The highest BCUT2D eigenvalue weighted by molar-refractivity contribution is 6.08. The summed E-state index contributed by atoms with van der Waals surface area (Å²) >= 11 is 0. The Balaban J connectivity index is 1.70. The molecule has 2 unspecified atom stereocenters. The Bertz CT molecular complexity index is 981. The van der Waals surface area contributed by atoms with Gasteiger partial charge in [-0.1, -0.05) is 30.3 Å². The number of halogens is 1. The molecule has 1 saturated heterocycles. The summed E-state index contributed by atoms with van der Waals surface area (Å²) in [7, 11) is 0. The fourth-order valence-electron chi connectivity index (χ4n) is 4.87. The molecule has 0 aromatic heterocycles. The van der Waals surface area contributed by atoms with Crippen LogP contribution in [0.15, 0.2) is 42.5 Å². The smallest absolute Gasteiger partial charge is 0.249 e. The minimum Gasteiger partial charge on any atom is -0.384 e. The highest BCUT2D eigenvalue weighted by Crippen LogP contribution is 2.47. The van der Waals surface area contributed by atoms with Gasteiger partial charge in [-0.2, -0.15) is 0 Å². The van der Waals surface area contributed by atoms with E-state index < -0.39 is 17.3 Å². The van der Waals surface area contributed by atoms with Crippen molar-refractivity contribution in [3.63, 3.8) is 0 Å². The fourth-order valence-corrected chi connectivity index (χ4v) is 4.87. The number of hydrogen-bond acceptors (Lipinski definition) is 4. The Labute approximate surface area is 175 Å². The van der Waals surface area contributed by atoms with Crippen LogP contribution in [0.1, 0.15) is 37.3 Å². The maximum Gasteiger partial charge on any atom is 0.249 e. The van der Waals surface area contributed by atoms with Gasteiger partial charge in [-0.05, 0) is 43.9 Å². The third-order valence-electron chi connectivity index (χ3n) is 6.51. The average Bonchev–Trinajstić information content (AvgIpc) is 3.00. The van der Waals surface area contributed by atoms with Crippen molar-refractivity contribution in [2.24, 2.45) is 11.7 Å². The molecule has 158 valence electrons. The van der Waals surface area contributed by atoms with E-state index in [2.05, 4.69) is 10.6 Å². The Morgan fingerprint density at radius 3 is 2.73 bits per heavy atom. The minimum absolute atomic E-state index is 0.00249. The largest absolute Gasteiger partial charge is 0.384 e. The summed E-state index contributed by atoms with van der Waals surface area (Å²) in [5, 5.41) is 6.05. The van der Waals surface area contributed by atoms with E-state index in [0.29, 0.717) is 43.0 Å². The van der Waals surface area contributed by atoms with Crippen molar-refractivity contribution >= 4 is 23.2 Å². The highest BCUT2D eigenvalue weighted by atomic mass is 19.1. The molecule has 2 amide bonds. The zero-order valence-corrected chi connectivity index (χ0v) is 17.2. The lowest BCUT2D eigenvalue weighted by Crippen LogP contribution is -2.55. The number of benzene rings is 2. The summed E-state index contributed by atoms with van der Waals surface area (Å²) < 4.78 is 14.4. The summed E-state index contributed by atoms with van der Waals surface area (Å²) in [4.78, 5) is 27.4. The molecular formula is C23H27FN4O2. The molecule has 0 spiro atoms. The topological polar surface area (TPSA) is 87.5 Å². The van der Waals surface area contributed by atoms with Crippen molar-refractivity contribution < 1.29 is 14.0 Å². The molecule has 2 aliphatic rings. The molecule has 4 N–H and O–H groups in total. The maximum absolute atomic E-state index is 14.4. The number of nitrogens with zero attached hydrogens (tertiary/aromatic N) is 1. The Morgan fingerprint density at radius 1 is 1.33 bits per heavy atom. The minimum atomic E-state index is -1.07. The molecule has 0 bridgehead atoms. The lowest BCUT2D eigenvalue weighted by atomic mass is 9.77. The third kappa shape index (κ3) is 3.23. The molecule has 0 aliphatic carbocycles. The van der Waals surface area contributed by atoms with Gasteiger partial charge in [0.05, 0.1) is 17.3 Å². The number of hydrogen-bond donors (Lipinski definition) is 3. The van der Waals surface area contributed by atoms with E-state index >= 15 is 0 Å². The van der Waals surface area contributed by atoms with E-state index in [1.807, 2.05) is 42.2 Å². The third-order valence-corrected chi connectivity index (χ3v) is 6.51. The number of carbonyl (C=O) groups is 2. The van der Waals surface area contributed by atoms with Crippen molar-refractivity contribution in [1.29, 1.82) is 0 Å². The van der Waals surface area contributed by atoms with Gasteiger partial charge < -0.3 is 16.4 Å². The van der Waals surface area contributed by atoms with Gasteiger partial charge in [0, 0.05) is 25.2 Å². The molecule has 4 rings (SSSR count). The number of likely N-dealkylation sites (tertiary alicyclic amines) is 1. The monoisotopic (exact) mass is 410 g/mol. The summed E-state index contributed by atoms with van der Waals surface area (Å²) in [6.45, 7) is 5.25. The molecule has 2 aliphatic heterocycles. The number of anilines is 2. The number of amides is 2. The molecule has 1 fully saturated rings. The lowest BCUT2D eigenvalue weighted by Gasteiger charge is -2.44. The average molecular weight is 410 g/mol. The van der Waals surface area contributed by atoms with Crippen LogP contribution < -0.4 is 16.4 Å². The molecule has 3 atom stereocenters. The van der Waals surface area contributed by atoms with Crippen LogP contribution in [0, 0.1) is 11.7 Å². The second kappa shape index (κ2) is 7.72. The molecule has 2 heterocycles. The van der Waals surface area contributed by atoms with Crippen LogP contribution in [-0.4, -0.2) is 36.3 Å². The van der Waals surface area contributed by atoms with Crippen LogP contribution in [0.2, 0.25) is 0 Å². The molecule has 2 aromatic carbocycles. The second-order valence-electron chi connectivity index (χ2n) is 8.19. The SMILES string of the molecule is CCNc1cc(F)cc2c1NC(=O)[C@]2(C)N1CCC(c2ccccc2)C(C(N)=O)C1. The summed E-state index contributed by atoms with van der Waals surface area (Å²) in [6, 6.07) is 12.7. The first-order valence-corrected chi connectivity index (χ1v) is 10.3. The maximum atomic E-state index is 14.4. The van der Waals surface area contributed by atoms with Gasteiger partial charge in [-0.15, -0.1) is 0 Å². The highest BCUT2D eigenvalue weighted by Gasteiger charge is 2.51. The van der Waals surface area contributed by atoms with Gasteiger partial charge in [-0.3, -0.25) is 14.5 Å². The second-order valence-corrected chi connectivity index (χ2v) is 8.19. The van der Waals surface area contributed by atoms with E-state index in [1.165, 1.54) is 12.1 Å². The number of carbonyl (C=O) groups excluding carboxylic acids is 2. The fraction of sp³-hybridized carbons (Fsp3) is 0.391. The number of fused-ring (bicyclic) bond motifs is 1.